The summed E-state index contributed by atoms with van der Waals surface area (Å²) in [5.41, 5.74) is 0. The van der Waals surface area contributed by atoms with Gasteiger partial charge in [-0.3, -0.25) is 0 Å². The topological polar surface area (TPSA) is 127 Å². The minimum atomic E-state index is -4.81. The first-order chi connectivity index (χ1) is 3.89. The van der Waals surface area contributed by atoms with Gasteiger partial charge in [-0.25, -0.2) is 0 Å². The van der Waals surface area contributed by atoms with E-state index >= 15 is 0 Å². The number of hydrogen-bond donors (Lipinski definition) is 4. The van der Waals surface area contributed by atoms with Crippen LogP contribution in [0.3, 0.4) is 0 Å². The van der Waals surface area contributed by atoms with E-state index in [4.69, 9.17) is 19.2 Å². The molecule has 6 N–H and O–H groups in total. The summed E-state index contributed by atoms with van der Waals surface area (Å²) in [5, 5.41) is 16.2. The predicted octanol–water partition coefficient (Wildman–Crippen LogP) is -0.756. The molecule has 0 aliphatic rings. The second kappa shape index (κ2) is 2.39. The molecule has 0 aliphatic carbocycles. The first-order valence-corrected chi connectivity index (χ1v) is 8.77. The maximum absolute atomic E-state index is 9.93. The Balaban J connectivity index is 4.38. The van der Waals surface area contributed by atoms with Gasteiger partial charge in [-0.1, -0.05) is 0 Å². The summed E-state index contributed by atoms with van der Waals surface area (Å²) in [6.07, 6.45) is 0. The van der Waals surface area contributed by atoms with E-state index in [0.29, 0.717) is 0 Å². The first-order valence-electron chi connectivity index (χ1n) is 2.38. The fourth-order valence-electron chi connectivity index (χ4n) is 0.129. The minimum absolute atomic E-state index is 1.55. The molecule has 0 saturated heterocycles. The van der Waals surface area contributed by atoms with Crippen molar-refractivity contribution in [3.05, 3.63) is 0 Å². The van der Waals surface area contributed by atoms with Crippen LogP contribution >= 0.6 is 0 Å². The van der Waals surface area contributed by atoms with Crippen LogP contribution in [0.1, 0.15) is 0 Å². The molecule has 0 radical (unpaired) electrons. The molecule has 7 heteroatoms. The van der Waals surface area contributed by atoms with Crippen LogP contribution in [0.4, 0.5) is 9.59 Å². The van der Waals surface area contributed by atoms with Crippen molar-refractivity contribution in [2.24, 2.45) is 8.95 Å². The standard InChI is InChI=1S/2CHO2.2H2N.Zn/c2*2-1-3;;;/h2*(H,2,3);2*1H2;/q;;2*-1;+2. The summed E-state index contributed by atoms with van der Waals surface area (Å²) in [7, 11) is 0. The molecule has 0 aromatic carbocycles. The molecule has 0 aromatic rings. The van der Waals surface area contributed by atoms with Crippen LogP contribution in [0.15, 0.2) is 0 Å². The third kappa shape index (κ3) is 1.71. The van der Waals surface area contributed by atoms with Crippen molar-refractivity contribution in [3.63, 3.8) is 0 Å². The molecular formula is C2H6N2O4Zn. The average molecular weight is 187 g/mol. The zero-order valence-corrected chi connectivity index (χ0v) is 7.54. The molecule has 0 bridgehead atoms. The molecule has 0 aliphatic heterocycles. The number of nitrogens with two attached hydrogens (primary N) is 2. The monoisotopic (exact) mass is 186 g/mol. The van der Waals surface area contributed by atoms with Crippen molar-refractivity contribution < 1.29 is 35.1 Å². The molecule has 0 amide bonds. The Kier molecular flexibility index (Phi) is 2.25. The molecule has 9 heavy (non-hydrogen) atoms. The Hall–Kier alpha value is -0.517. The number of rotatable bonds is 2. The summed E-state index contributed by atoms with van der Waals surface area (Å²) >= 11 is -4.81. The van der Waals surface area contributed by atoms with Crippen LogP contribution in [0.5, 0.6) is 0 Å². The Morgan fingerprint density at radius 1 is 1.11 bits per heavy atom. The molecule has 50 valence electrons. The summed E-state index contributed by atoms with van der Waals surface area (Å²) < 4.78 is 6.50. The molecule has 6 nitrogen and oxygen atoms in total. The molecule has 0 heterocycles. The molecule has 0 spiro atoms. The fraction of sp³-hybridized carbons (Fsp3) is 0. The van der Waals surface area contributed by atoms with Gasteiger partial charge in [0.15, 0.2) is 0 Å². The van der Waals surface area contributed by atoms with Gasteiger partial charge >= 0.3 is 53.1 Å². The summed E-state index contributed by atoms with van der Waals surface area (Å²) in [6, 6.07) is 0. The number of hydrogen-bond acceptors (Lipinski definition) is 4. The van der Waals surface area contributed by atoms with Gasteiger partial charge in [0.2, 0.25) is 0 Å². The molecule has 0 aromatic heterocycles. The Morgan fingerprint density at radius 2 is 1.33 bits per heavy atom. The second-order valence-corrected chi connectivity index (χ2v) is 9.71. The summed E-state index contributed by atoms with van der Waals surface area (Å²) in [4.78, 5) is 19.9. The van der Waals surface area contributed by atoms with Crippen molar-refractivity contribution in [2.45, 2.75) is 0 Å². The zero-order chi connectivity index (χ0) is 7.65. The van der Waals surface area contributed by atoms with Crippen LogP contribution in [0.25, 0.3) is 0 Å². The Morgan fingerprint density at radius 3 is 1.33 bits per heavy atom. The third-order valence-electron chi connectivity index (χ3n) is 1.00. The van der Waals surface area contributed by atoms with E-state index in [9.17, 15) is 9.59 Å². The summed E-state index contributed by atoms with van der Waals surface area (Å²) in [5.74, 6) is 0. The maximum atomic E-state index is 9.93. The van der Waals surface area contributed by atoms with Crippen molar-refractivity contribution >= 4 is 9.13 Å². The normalized spacial score (nSPS) is 9.11. The van der Waals surface area contributed by atoms with Crippen LogP contribution in [0.2, 0.25) is 0 Å². The molecule has 0 saturated carbocycles. The van der Waals surface area contributed by atoms with E-state index in [1.54, 1.807) is 0 Å². The molecule has 0 atom stereocenters. The van der Waals surface area contributed by atoms with Crippen molar-refractivity contribution in [2.75, 3.05) is 0 Å². The quantitative estimate of drug-likeness (QED) is 0.421. The van der Waals surface area contributed by atoms with E-state index in [-0.39, 0.29) is 0 Å². The average Bonchev–Trinajstić information content (AvgIpc) is 1.65. The summed E-state index contributed by atoms with van der Waals surface area (Å²) in [6.45, 7) is 0. The molecule has 0 rings (SSSR count). The number of carboxylic acid groups (broad SMARTS) is 2. The molecule has 0 fully saturated rings. The van der Waals surface area contributed by atoms with E-state index in [1.807, 2.05) is 0 Å². The first kappa shape index (κ1) is 8.48. The second-order valence-electron chi connectivity index (χ2n) is 2.02. The number of carbonyl (C=O) groups is 2. The van der Waals surface area contributed by atoms with Gasteiger partial charge in [-0.2, -0.15) is 0 Å². The van der Waals surface area contributed by atoms with Crippen LogP contribution in [-0.4, -0.2) is 19.3 Å². The van der Waals surface area contributed by atoms with Gasteiger partial charge in [0.25, 0.3) is 0 Å². The predicted molar refractivity (Wildman–Crippen MR) is 24.4 cm³/mol. The molecule has 0 unspecified atom stereocenters. The van der Waals surface area contributed by atoms with Crippen molar-refractivity contribution in [3.8, 4) is 0 Å². The van der Waals surface area contributed by atoms with Gasteiger partial charge in [0.1, 0.15) is 0 Å². The van der Waals surface area contributed by atoms with Crippen LogP contribution in [-0.2, 0) is 15.3 Å². The third-order valence-corrected chi connectivity index (χ3v) is 5.20. The van der Waals surface area contributed by atoms with E-state index in [1.165, 1.54) is 0 Å². The zero-order valence-electron chi connectivity index (χ0n) is 4.57. The Labute approximate surface area is 53.8 Å². The SMILES string of the molecule is [NH2][Zn]([NH2])([C](=O)O)[C](=O)O. The van der Waals surface area contributed by atoms with Gasteiger partial charge in [-0.05, 0) is 0 Å². The molecular weight excluding hydrogens is 181 g/mol. The van der Waals surface area contributed by atoms with Crippen LogP contribution < -0.4 is 8.95 Å². The van der Waals surface area contributed by atoms with E-state index in [0.717, 1.165) is 0 Å². The van der Waals surface area contributed by atoms with Crippen LogP contribution in [0, 0.1) is 0 Å². The van der Waals surface area contributed by atoms with Gasteiger partial charge in [-0.15, -0.1) is 0 Å². The van der Waals surface area contributed by atoms with Gasteiger partial charge < -0.3 is 0 Å². The van der Waals surface area contributed by atoms with E-state index < -0.39 is 24.4 Å². The van der Waals surface area contributed by atoms with Gasteiger partial charge in [0, 0.05) is 0 Å². The Bertz CT molecular complexity index is 139. The van der Waals surface area contributed by atoms with Crippen molar-refractivity contribution in [1.29, 1.82) is 0 Å². The van der Waals surface area contributed by atoms with E-state index in [2.05, 4.69) is 0 Å². The fourth-order valence-corrected chi connectivity index (χ4v) is 0.672. The van der Waals surface area contributed by atoms with Gasteiger partial charge in [0.05, 0.1) is 0 Å². The van der Waals surface area contributed by atoms with Crippen molar-refractivity contribution in [1.82, 2.24) is 0 Å².